The van der Waals surface area contributed by atoms with E-state index in [0.717, 1.165) is 0 Å². The fourth-order valence-corrected chi connectivity index (χ4v) is 2.93. The number of aliphatic hydroxyl groups excluding tert-OH is 1. The van der Waals surface area contributed by atoms with Gasteiger partial charge in [0.1, 0.15) is 11.6 Å². The SMILES string of the molecule is COC(=O)[C@@H]1C[C@H](O)CN1C(=O)[C@@H](CC(=O)OC(C)(C)C)C(C)(C)C. The summed E-state index contributed by atoms with van der Waals surface area (Å²) < 4.78 is 10.1. The molecule has 1 rings (SSSR count). The van der Waals surface area contributed by atoms with Crippen molar-refractivity contribution in [2.45, 2.75) is 72.1 Å². The summed E-state index contributed by atoms with van der Waals surface area (Å²) in [4.78, 5) is 38.6. The van der Waals surface area contributed by atoms with Crippen LogP contribution in [-0.2, 0) is 23.9 Å². The highest BCUT2D eigenvalue weighted by atomic mass is 16.6. The van der Waals surface area contributed by atoms with Crippen molar-refractivity contribution in [3.05, 3.63) is 0 Å². The van der Waals surface area contributed by atoms with Gasteiger partial charge >= 0.3 is 11.9 Å². The second-order valence-electron chi connectivity index (χ2n) is 8.63. The maximum atomic E-state index is 13.1. The number of ether oxygens (including phenoxy) is 2. The van der Waals surface area contributed by atoms with E-state index in [2.05, 4.69) is 0 Å². The standard InChI is InChI=1S/C18H31NO6/c1-17(2,3)12(9-14(21)25-18(4,5)6)15(22)19-10-11(20)8-13(19)16(23)24-7/h11-13,20H,8-10H2,1-7H3/t11-,12+,13-/m0/s1. The molecule has 7 heteroatoms. The van der Waals surface area contributed by atoms with Gasteiger partial charge in [0.2, 0.25) is 5.91 Å². The molecule has 0 aromatic rings. The van der Waals surface area contributed by atoms with Crippen LogP contribution in [0.15, 0.2) is 0 Å². The Hall–Kier alpha value is -1.63. The van der Waals surface area contributed by atoms with Crippen LogP contribution in [-0.4, -0.2) is 59.3 Å². The molecule has 25 heavy (non-hydrogen) atoms. The lowest BCUT2D eigenvalue weighted by molar-refractivity contribution is -0.162. The minimum absolute atomic E-state index is 0.0551. The van der Waals surface area contributed by atoms with Gasteiger partial charge in [0, 0.05) is 13.0 Å². The van der Waals surface area contributed by atoms with E-state index in [0.29, 0.717) is 0 Å². The van der Waals surface area contributed by atoms with Gasteiger partial charge in [-0.15, -0.1) is 0 Å². The van der Waals surface area contributed by atoms with Crippen LogP contribution in [0.1, 0.15) is 54.4 Å². The zero-order chi connectivity index (χ0) is 19.6. The van der Waals surface area contributed by atoms with Crippen LogP contribution < -0.4 is 0 Å². The first-order valence-corrected chi connectivity index (χ1v) is 8.54. The molecule has 1 amide bonds. The fraction of sp³-hybridized carbons (Fsp3) is 0.833. The quantitative estimate of drug-likeness (QED) is 0.767. The molecule has 0 spiro atoms. The Morgan fingerprint density at radius 1 is 1.16 bits per heavy atom. The first kappa shape index (κ1) is 21.4. The molecule has 0 aromatic carbocycles. The Bertz CT molecular complexity index is 517. The number of rotatable bonds is 4. The van der Waals surface area contributed by atoms with Gasteiger partial charge in [0.15, 0.2) is 0 Å². The first-order chi connectivity index (χ1) is 11.3. The van der Waals surface area contributed by atoms with Crippen molar-refractivity contribution in [3.63, 3.8) is 0 Å². The average Bonchev–Trinajstić information content (AvgIpc) is 2.82. The molecular formula is C18H31NO6. The highest BCUT2D eigenvalue weighted by molar-refractivity contribution is 5.89. The van der Waals surface area contributed by atoms with Gasteiger partial charge in [-0.3, -0.25) is 9.59 Å². The molecule has 7 nitrogen and oxygen atoms in total. The second kappa shape index (κ2) is 7.72. The lowest BCUT2D eigenvalue weighted by Gasteiger charge is -2.34. The Labute approximate surface area is 149 Å². The van der Waals surface area contributed by atoms with E-state index in [1.165, 1.54) is 12.0 Å². The molecule has 1 aliphatic heterocycles. The second-order valence-corrected chi connectivity index (χ2v) is 8.63. The van der Waals surface area contributed by atoms with Gasteiger partial charge in [-0.2, -0.15) is 0 Å². The molecule has 0 aromatic heterocycles. The maximum Gasteiger partial charge on any atom is 0.328 e. The molecule has 1 heterocycles. The zero-order valence-corrected chi connectivity index (χ0v) is 16.3. The van der Waals surface area contributed by atoms with Crippen molar-refractivity contribution in [3.8, 4) is 0 Å². The number of aliphatic hydroxyl groups is 1. The van der Waals surface area contributed by atoms with Crippen molar-refractivity contribution in [2.24, 2.45) is 11.3 Å². The third-order valence-corrected chi connectivity index (χ3v) is 4.17. The van der Waals surface area contributed by atoms with Crippen molar-refractivity contribution < 1.29 is 29.0 Å². The molecule has 0 unspecified atom stereocenters. The topological polar surface area (TPSA) is 93.1 Å². The van der Waals surface area contributed by atoms with Crippen LogP contribution >= 0.6 is 0 Å². The van der Waals surface area contributed by atoms with Gasteiger partial charge in [-0.25, -0.2) is 4.79 Å². The first-order valence-electron chi connectivity index (χ1n) is 8.54. The van der Waals surface area contributed by atoms with Gasteiger partial charge in [0.25, 0.3) is 0 Å². The van der Waals surface area contributed by atoms with Crippen LogP contribution in [0.3, 0.4) is 0 Å². The molecule has 0 aliphatic carbocycles. The van der Waals surface area contributed by atoms with Crippen LogP contribution in [0, 0.1) is 11.3 Å². The smallest absolute Gasteiger partial charge is 0.328 e. The molecule has 0 saturated carbocycles. The summed E-state index contributed by atoms with van der Waals surface area (Å²) in [5.41, 5.74) is -1.15. The molecule has 0 radical (unpaired) electrons. The monoisotopic (exact) mass is 357 g/mol. The Balaban J connectivity index is 3.01. The predicted molar refractivity (Wildman–Crippen MR) is 91.5 cm³/mol. The number of amides is 1. The molecule has 144 valence electrons. The van der Waals surface area contributed by atoms with Crippen molar-refractivity contribution >= 4 is 17.8 Å². The normalized spacial score (nSPS) is 22.5. The third kappa shape index (κ3) is 5.99. The number of β-amino-alcohol motifs (C(OH)–C–C–N with tert-alkyl or cyclic N) is 1. The number of hydrogen-bond acceptors (Lipinski definition) is 6. The Morgan fingerprint density at radius 3 is 2.16 bits per heavy atom. The summed E-state index contributed by atoms with van der Waals surface area (Å²) in [7, 11) is 1.25. The summed E-state index contributed by atoms with van der Waals surface area (Å²) in [6.45, 7) is 10.9. The van der Waals surface area contributed by atoms with E-state index >= 15 is 0 Å². The largest absolute Gasteiger partial charge is 0.467 e. The number of nitrogens with zero attached hydrogens (tertiary/aromatic N) is 1. The number of esters is 2. The van der Waals surface area contributed by atoms with E-state index < -0.39 is 41.0 Å². The van der Waals surface area contributed by atoms with Gasteiger partial charge in [-0.05, 0) is 26.2 Å². The third-order valence-electron chi connectivity index (χ3n) is 4.17. The van der Waals surface area contributed by atoms with E-state index in [-0.39, 0.29) is 25.3 Å². The summed E-state index contributed by atoms with van der Waals surface area (Å²) in [6.07, 6.45) is -0.725. The highest BCUT2D eigenvalue weighted by Crippen LogP contribution is 2.34. The molecule has 1 fully saturated rings. The lowest BCUT2D eigenvalue weighted by atomic mass is 9.77. The van der Waals surface area contributed by atoms with E-state index in [9.17, 15) is 19.5 Å². The summed E-state index contributed by atoms with van der Waals surface area (Å²) in [5.74, 6) is -2.03. The molecule has 0 bridgehead atoms. The van der Waals surface area contributed by atoms with Crippen LogP contribution in [0.5, 0.6) is 0 Å². The van der Waals surface area contributed by atoms with Gasteiger partial charge in [-0.1, -0.05) is 20.8 Å². The van der Waals surface area contributed by atoms with E-state index in [1.54, 1.807) is 20.8 Å². The van der Waals surface area contributed by atoms with Gasteiger partial charge in [0.05, 0.1) is 25.6 Å². The van der Waals surface area contributed by atoms with Crippen molar-refractivity contribution in [1.82, 2.24) is 4.90 Å². The molecule has 3 atom stereocenters. The number of likely N-dealkylation sites (tertiary alicyclic amines) is 1. The van der Waals surface area contributed by atoms with E-state index in [1.807, 2.05) is 20.8 Å². The summed E-state index contributed by atoms with van der Waals surface area (Å²) in [6, 6.07) is -0.823. The van der Waals surface area contributed by atoms with Crippen molar-refractivity contribution in [1.29, 1.82) is 0 Å². The minimum Gasteiger partial charge on any atom is -0.467 e. The highest BCUT2D eigenvalue weighted by Gasteiger charge is 2.45. The predicted octanol–water partition coefficient (Wildman–Crippen LogP) is 1.52. The van der Waals surface area contributed by atoms with E-state index in [4.69, 9.17) is 9.47 Å². The lowest BCUT2D eigenvalue weighted by Crippen LogP contribution is -2.48. The minimum atomic E-state index is -0.823. The van der Waals surface area contributed by atoms with Crippen LogP contribution in [0.2, 0.25) is 0 Å². The molecule has 1 aliphatic rings. The number of hydrogen-bond donors (Lipinski definition) is 1. The Kier molecular flexibility index (Phi) is 6.61. The summed E-state index contributed by atoms with van der Waals surface area (Å²) >= 11 is 0. The van der Waals surface area contributed by atoms with Crippen LogP contribution in [0.25, 0.3) is 0 Å². The molecule has 1 saturated heterocycles. The molecule has 1 N–H and O–H groups in total. The maximum absolute atomic E-state index is 13.1. The average molecular weight is 357 g/mol. The number of carbonyl (C=O) groups excluding carboxylic acids is 3. The number of carbonyl (C=O) groups is 3. The Morgan fingerprint density at radius 2 is 1.72 bits per heavy atom. The number of methoxy groups -OCH3 is 1. The summed E-state index contributed by atoms with van der Waals surface area (Å²) in [5, 5.41) is 9.89. The zero-order valence-electron chi connectivity index (χ0n) is 16.3. The fourth-order valence-electron chi connectivity index (χ4n) is 2.93. The van der Waals surface area contributed by atoms with Crippen molar-refractivity contribution in [2.75, 3.05) is 13.7 Å². The van der Waals surface area contributed by atoms with Crippen LogP contribution in [0.4, 0.5) is 0 Å². The molecular weight excluding hydrogens is 326 g/mol. The van der Waals surface area contributed by atoms with Gasteiger partial charge < -0.3 is 19.5 Å².